The molecule has 2 N–H and O–H groups in total. The molecule has 10 heavy (non-hydrogen) atoms. The number of ketones is 1. The van der Waals surface area contributed by atoms with Crippen LogP contribution in [0, 0.1) is 0 Å². The summed E-state index contributed by atoms with van der Waals surface area (Å²) in [5.41, 5.74) is 5.22. The highest BCUT2D eigenvalue weighted by molar-refractivity contribution is 6.03. The first-order valence-electron chi connectivity index (χ1n) is 2.94. The van der Waals surface area contributed by atoms with E-state index in [4.69, 9.17) is 5.73 Å². The molecule has 1 atom stereocenters. The van der Waals surface area contributed by atoms with Crippen LogP contribution in [-0.2, 0) is 9.59 Å². The van der Waals surface area contributed by atoms with Crippen LogP contribution in [0.15, 0.2) is 0 Å². The molecule has 0 aromatic carbocycles. The summed E-state index contributed by atoms with van der Waals surface area (Å²) >= 11 is 0. The summed E-state index contributed by atoms with van der Waals surface area (Å²) < 4.78 is 0. The van der Waals surface area contributed by atoms with Crippen molar-refractivity contribution < 1.29 is 9.59 Å². The maximum atomic E-state index is 10.9. The molecule has 0 saturated heterocycles. The summed E-state index contributed by atoms with van der Waals surface area (Å²) in [4.78, 5) is 22.7. The van der Waals surface area contributed by atoms with Crippen molar-refractivity contribution in [3.8, 4) is 0 Å². The maximum Gasteiger partial charge on any atom is 0.246 e. The molecule has 0 aliphatic carbocycles. The van der Waals surface area contributed by atoms with Crippen molar-refractivity contribution in [1.29, 1.82) is 0 Å². The molecule has 4 nitrogen and oxygen atoms in total. The number of likely N-dealkylation sites (N-methyl/N-ethyl adjacent to an activating group) is 1. The fourth-order valence-electron chi connectivity index (χ4n) is 0.452. The van der Waals surface area contributed by atoms with E-state index < -0.39 is 6.04 Å². The standard InChI is InChI=1S/C6H12N2O2/c1-4(9)5(7)6(10)8(2)3/h5H,7H2,1-3H3. The topological polar surface area (TPSA) is 63.4 Å². The van der Waals surface area contributed by atoms with E-state index in [1.807, 2.05) is 0 Å². The lowest BCUT2D eigenvalue weighted by Crippen LogP contribution is -2.44. The normalized spacial score (nSPS) is 12.4. The molecule has 0 saturated carbocycles. The third kappa shape index (κ3) is 2.14. The Labute approximate surface area is 60.0 Å². The molecule has 0 aromatic heterocycles. The number of hydrogen-bond donors (Lipinski definition) is 1. The van der Waals surface area contributed by atoms with Crippen molar-refractivity contribution in [3.63, 3.8) is 0 Å². The molecule has 4 heteroatoms. The second-order valence-electron chi connectivity index (χ2n) is 2.32. The Hall–Kier alpha value is -0.900. The minimum Gasteiger partial charge on any atom is -0.347 e. The maximum absolute atomic E-state index is 10.9. The smallest absolute Gasteiger partial charge is 0.246 e. The van der Waals surface area contributed by atoms with E-state index in [1.54, 1.807) is 14.1 Å². The quantitative estimate of drug-likeness (QED) is 0.505. The second-order valence-corrected chi connectivity index (χ2v) is 2.32. The van der Waals surface area contributed by atoms with Crippen molar-refractivity contribution in [1.82, 2.24) is 4.90 Å². The van der Waals surface area contributed by atoms with Crippen LogP contribution >= 0.6 is 0 Å². The Balaban J connectivity index is 4.08. The lowest BCUT2D eigenvalue weighted by molar-refractivity contribution is -0.134. The number of amides is 1. The van der Waals surface area contributed by atoms with Gasteiger partial charge in [-0.05, 0) is 6.92 Å². The van der Waals surface area contributed by atoms with Gasteiger partial charge in [-0.1, -0.05) is 0 Å². The average Bonchev–Trinajstić information content (AvgIpc) is 1.84. The monoisotopic (exact) mass is 144 g/mol. The molecule has 0 rings (SSSR count). The van der Waals surface area contributed by atoms with E-state index in [1.165, 1.54) is 11.8 Å². The molecular formula is C6H12N2O2. The zero-order valence-electron chi connectivity index (χ0n) is 6.42. The molecule has 0 aromatic rings. The van der Waals surface area contributed by atoms with Crippen molar-refractivity contribution in [2.45, 2.75) is 13.0 Å². The van der Waals surface area contributed by atoms with Gasteiger partial charge in [0, 0.05) is 14.1 Å². The number of nitrogens with two attached hydrogens (primary N) is 1. The number of hydrogen-bond acceptors (Lipinski definition) is 3. The van der Waals surface area contributed by atoms with Gasteiger partial charge in [-0.3, -0.25) is 9.59 Å². The molecule has 0 heterocycles. The first kappa shape index (κ1) is 9.10. The van der Waals surface area contributed by atoms with Gasteiger partial charge in [0.25, 0.3) is 0 Å². The van der Waals surface area contributed by atoms with Gasteiger partial charge in [0.2, 0.25) is 5.91 Å². The molecule has 0 spiro atoms. The number of rotatable bonds is 2. The van der Waals surface area contributed by atoms with Crippen LogP contribution < -0.4 is 5.73 Å². The van der Waals surface area contributed by atoms with Crippen molar-refractivity contribution in [3.05, 3.63) is 0 Å². The highest BCUT2D eigenvalue weighted by Gasteiger charge is 2.18. The Morgan fingerprint density at radius 2 is 1.80 bits per heavy atom. The van der Waals surface area contributed by atoms with Crippen LogP contribution in [0.25, 0.3) is 0 Å². The fourth-order valence-corrected chi connectivity index (χ4v) is 0.452. The van der Waals surface area contributed by atoms with Gasteiger partial charge in [0.1, 0.15) is 6.04 Å². The van der Waals surface area contributed by atoms with E-state index >= 15 is 0 Å². The molecule has 0 aliphatic heterocycles. The minimum absolute atomic E-state index is 0.307. The van der Waals surface area contributed by atoms with E-state index in [0.29, 0.717) is 0 Å². The molecule has 1 amide bonds. The summed E-state index contributed by atoms with van der Waals surface area (Å²) in [6, 6.07) is -0.991. The van der Waals surface area contributed by atoms with Crippen molar-refractivity contribution >= 4 is 11.7 Å². The molecule has 0 radical (unpaired) electrons. The lowest BCUT2D eigenvalue weighted by Gasteiger charge is -2.13. The molecule has 0 aliphatic rings. The van der Waals surface area contributed by atoms with Crippen LogP contribution in [0.1, 0.15) is 6.92 Å². The Morgan fingerprint density at radius 3 is 1.90 bits per heavy atom. The average molecular weight is 144 g/mol. The van der Waals surface area contributed by atoms with Gasteiger partial charge >= 0.3 is 0 Å². The predicted octanol–water partition coefficient (Wildman–Crippen LogP) is -1.01. The molecule has 0 bridgehead atoms. The minimum atomic E-state index is -0.991. The summed E-state index contributed by atoms with van der Waals surface area (Å²) in [7, 11) is 3.12. The molecule has 1 unspecified atom stereocenters. The number of carbonyl (C=O) groups is 2. The SMILES string of the molecule is CC(=O)C(N)C(=O)N(C)C. The molecular weight excluding hydrogens is 132 g/mol. The van der Waals surface area contributed by atoms with Crippen LogP contribution in [0.2, 0.25) is 0 Å². The largest absolute Gasteiger partial charge is 0.347 e. The van der Waals surface area contributed by atoms with Gasteiger partial charge in [-0.15, -0.1) is 0 Å². The van der Waals surface area contributed by atoms with Crippen LogP contribution in [0.4, 0.5) is 0 Å². The van der Waals surface area contributed by atoms with Crippen LogP contribution in [0.5, 0.6) is 0 Å². The first-order valence-corrected chi connectivity index (χ1v) is 2.94. The van der Waals surface area contributed by atoms with E-state index in [-0.39, 0.29) is 11.7 Å². The summed E-state index contributed by atoms with van der Waals surface area (Å²) in [6.45, 7) is 1.30. The third-order valence-corrected chi connectivity index (χ3v) is 1.14. The number of carbonyl (C=O) groups excluding carboxylic acids is 2. The highest BCUT2D eigenvalue weighted by atomic mass is 16.2. The fraction of sp³-hybridized carbons (Fsp3) is 0.667. The zero-order chi connectivity index (χ0) is 8.31. The Morgan fingerprint density at radius 1 is 1.40 bits per heavy atom. The third-order valence-electron chi connectivity index (χ3n) is 1.14. The second kappa shape index (κ2) is 3.31. The highest BCUT2D eigenvalue weighted by Crippen LogP contribution is 1.86. The molecule has 58 valence electrons. The van der Waals surface area contributed by atoms with E-state index in [0.717, 1.165) is 0 Å². The van der Waals surface area contributed by atoms with E-state index in [2.05, 4.69) is 0 Å². The van der Waals surface area contributed by atoms with Gasteiger partial charge in [0.05, 0.1) is 0 Å². The van der Waals surface area contributed by atoms with Crippen molar-refractivity contribution in [2.75, 3.05) is 14.1 Å². The molecule has 0 fully saturated rings. The van der Waals surface area contributed by atoms with Gasteiger partial charge in [-0.2, -0.15) is 0 Å². The predicted molar refractivity (Wildman–Crippen MR) is 37.4 cm³/mol. The van der Waals surface area contributed by atoms with Gasteiger partial charge in [-0.25, -0.2) is 0 Å². The van der Waals surface area contributed by atoms with Crippen molar-refractivity contribution in [2.24, 2.45) is 5.73 Å². The van der Waals surface area contributed by atoms with Gasteiger partial charge < -0.3 is 10.6 Å². The number of Topliss-reactive ketones (excluding diaryl/α,β-unsaturated/α-hetero) is 1. The lowest BCUT2D eigenvalue weighted by atomic mass is 10.2. The van der Waals surface area contributed by atoms with E-state index in [9.17, 15) is 9.59 Å². The number of nitrogens with zero attached hydrogens (tertiary/aromatic N) is 1. The van der Waals surface area contributed by atoms with Crippen LogP contribution in [-0.4, -0.2) is 36.7 Å². The van der Waals surface area contributed by atoms with Gasteiger partial charge in [0.15, 0.2) is 5.78 Å². The zero-order valence-corrected chi connectivity index (χ0v) is 6.42. The Kier molecular flexibility index (Phi) is 3.02. The summed E-state index contributed by atoms with van der Waals surface area (Å²) in [6.07, 6.45) is 0. The first-order chi connectivity index (χ1) is 4.46. The Bertz CT molecular complexity index is 154. The summed E-state index contributed by atoms with van der Waals surface area (Å²) in [5.74, 6) is -0.661. The van der Waals surface area contributed by atoms with Crippen LogP contribution in [0.3, 0.4) is 0 Å². The summed E-state index contributed by atoms with van der Waals surface area (Å²) in [5, 5.41) is 0.